The highest BCUT2D eigenvalue weighted by molar-refractivity contribution is 5.66. The van der Waals surface area contributed by atoms with Crippen LogP contribution in [0, 0.1) is 27.7 Å². The summed E-state index contributed by atoms with van der Waals surface area (Å²) >= 11 is 0. The van der Waals surface area contributed by atoms with Crippen molar-refractivity contribution in [2.24, 2.45) is 0 Å². The van der Waals surface area contributed by atoms with Gasteiger partial charge in [-0.05, 0) is 68.4 Å². The lowest BCUT2D eigenvalue weighted by Crippen LogP contribution is -2.31. The van der Waals surface area contributed by atoms with Gasteiger partial charge in [-0.3, -0.25) is 10.2 Å². The van der Waals surface area contributed by atoms with Crippen LogP contribution in [0.15, 0.2) is 6.07 Å². The molecule has 110 valence electrons. The molecular weight excluding hydrogens is 252 g/mol. The SMILES string of the molecule is Cc1cc(C)c(C)c(C2CC(CCC(=O)O)NN2)c1C. The Bertz CT molecular complexity index is 499. The molecule has 1 aromatic carbocycles. The van der Waals surface area contributed by atoms with Crippen LogP contribution in [0.2, 0.25) is 0 Å². The molecular formula is C16H24N2O2. The van der Waals surface area contributed by atoms with Gasteiger partial charge in [0.25, 0.3) is 0 Å². The minimum Gasteiger partial charge on any atom is -0.481 e. The van der Waals surface area contributed by atoms with Crippen LogP contribution >= 0.6 is 0 Å². The molecule has 1 saturated heterocycles. The third-order valence-corrected chi connectivity index (χ3v) is 4.46. The first-order chi connectivity index (χ1) is 9.40. The van der Waals surface area contributed by atoms with Crippen LogP contribution in [0.25, 0.3) is 0 Å². The molecule has 1 aliphatic heterocycles. The number of aliphatic carboxylic acids is 1. The fraction of sp³-hybridized carbons (Fsp3) is 0.562. The van der Waals surface area contributed by atoms with Crippen molar-refractivity contribution < 1.29 is 9.90 Å². The molecule has 0 aliphatic carbocycles. The maximum absolute atomic E-state index is 10.7. The van der Waals surface area contributed by atoms with Gasteiger partial charge in [0, 0.05) is 18.5 Å². The van der Waals surface area contributed by atoms with E-state index in [9.17, 15) is 4.79 Å². The smallest absolute Gasteiger partial charge is 0.303 e. The van der Waals surface area contributed by atoms with Gasteiger partial charge in [0.05, 0.1) is 0 Å². The summed E-state index contributed by atoms with van der Waals surface area (Å²) in [6.45, 7) is 8.64. The molecule has 4 heteroatoms. The summed E-state index contributed by atoms with van der Waals surface area (Å²) in [6.07, 6.45) is 1.83. The van der Waals surface area contributed by atoms with Crippen molar-refractivity contribution in [2.45, 2.75) is 59.0 Å². The molecule has 3 N–H and O–H groups in total. The van der Waals surface area contributed by atoms with Gasteiger partial charge in [-0.2, -0.15) is 0 Å². The van der Waals surface area contributed by atoms with E-state index in [0.29, 0.717) is 6.42 Å². The van der Waals surface area contributed by atoms with Gasteiger partial charge in [-0.1, -0.05) is 6.07 Å². The van der Waals surface area contributed by atoms with Crippen molar-refractivity contribution in [3.05, 3.63) is 33.9 Å². The Hall–Kier alpha value is -1.39. The van der Waals surface area contributed by atoms with E-state index >= 15 is 0 Å². The number of carboxylic acids is 1. The minimum absolute atomic E-state index is 0.219. The van der Waals surface area contributed by atoms with Crippen LogP contribution in [0.4, 0.5) is 0 Å². The third kappa shape index (κ3) is 3.02. The average molecular weight is 276 g/mol. The van der Waals surface area contributed by atoms with Gasteiger partial charge in [-0.25, -0.2) is 5.43 Å². The molecule has 2 atom stereocenters. The van der Waals surface area contributed by atoms with Gasteiger partial charge in [0.2, 0.25) is 0 Å². The zero-order valence-electron chi connectivity index (χ0n) is 12.7. The van der Waals surface area contributed by atoms with E-state index in [0.717, 1.165) is 6.42 Å². The highest BCUT2D eigenvalue weighted by Gasteiger charge is 2.28. The molecule has 0 spiro atoms. The monoisotopic (exact) mass is 276 g/mol. The van der Waals surface area contributed by atoms with Crippen LogP contribution in [-0.4, -0.2) is 17.1 Å². The Balaban J connectivity index is 2.16. The van der Waals surface area contributed by atoms with Crippen LogP contribution < -0.4 is 10.9 Å². The van der Waals surface area contributed by atoms with Gasteiger partial charge in [0.1, 0.15) is 0 Å². The van der Waals surface area contributed by atoms with Crippen LogP contribution in [0.1, 0.15) is 53.1 Å². The normalized spacial score (nSPS) is 22.2. The number of nitrogens with one attached hydrogen (secondary N) is 2. The number of hydrazine groups is 1. The van der Waals surface area contributed by atoms with E-state index in [1.807, 2.05) is 0 Å². The second-order valence-corrected chi connectivity index (χ2v) is 5.88. The molecule has 0 aromatic heterocycles. The highest BCUT2D eigenvalue weighted by Crippen LogP contribution is 2.32. The molecule has 1 aliphatic rings. The summed E-state index contributed by atoms with van der Waals surface area (Å²) < 4.78 is 0. The van der Waals surface area contributed by atoms with Crippen molar-refractivity contribution >= 4 is 5.97 Å². The first-order valence-electron chi connectivity index (χ1n) is 7.20. The predicted octanol–water partition coefficient (Wildman–Crippen LogP) is 2.69. The number of carboxylic acid groups (broad SMARTS) is 1. The van der Waals surface area contributed by atoms with E-state index < -0.39 is 5.97 Å². The summed E-state index contributed by atoms with van der Waals surface area (Å²) in [4.78, 5) is 10.7. The molecule has 2 rings (SSSR count). The largest absolute Gasteiger partial charge is 0.481 e. The van der Waals surface area contributed by atoms with Crippen molar-refractivity contribution in [1.29, 1.82) is 0 Å². The molecule has 20 heavy (non-hydrogen) atoms. The highest BCUT2D eigenvalue weighted by atomic mass is 16.4. The molecule has 1 aromatic rings. The summed E-state index contributed by atoms with van der Waals surface area (Å²) in [5.74, 6) is -0.728. The molecule has 1 fully saturated rings. The van der Waals surface area contributed by atoms with E-state index in [1.165, 1.54) is 27.8 Å². The van der Waals surface area contributed by atoms with Crippen LogP contribution in [0.5, 0.6) is 0 Å². The maximum atomic E-state index is 10.7. The number of hydrogen-bond donors (Lipinski definition) is 3. The topological polar surface area (TPSA) is 61.4 Å². The van der Waals surface area contributed by atoms with E-state index in [2.05, 4.69) is 44.6 Å². The fourth-order valence-electron chi connectivity index (χ4n) is 3.07. The number of hydrogen-bond acceptors (Lipinski definition) is 3. The van der Waals surface area contributed by atoms with Crippen LogP contribution in [0.3, 0.4) is 0 Å². The molecule has 1 heterocycles. The van der Waals surface area contributed by atoms with Crippen molar-refractivity contribution in [3.8, 4) is 0 Å². The summed E-state index contributed by atoms with van der Waals surface area (Å²) in [7, 11) is 0. The van der Waals surface area contributed by atoms with E-state index in [-0.39, 0.29) is 18.5 Å². The Kier molecular flexibility index (Phi) is 4.45. The van der Waals surface area contributed by atoms with E-state index in [4.69, 9.17) is 5.11 Å². The van der Waals surface area contributed by atoms with Crippen molar-refractivity contribution in [3.63, 3.8) is 0 Å². The second-order valence-electron chi connectivity index (χ2n) is 5.88. The summed E-state index contributed by atoms with van der Waals surface area (Å²) in [5.41, 5.74) is 13.3. The Labute approximate surface area is 120 Å². The van der Waals surface area contributed by atoms with Crippen molar-refractivity contribution in [1.82, 2.24) is 10.9 Å². The van der Waals surface area contributed by atoms with Crippen LogP contribution in [-0.2, 0) is 4.79 Å². The first kappa shape index (κ1) is 15.0. The van der Waals surface area contributed by atoms with Gasteiger partial charge >= 0.3 is 5.97 Å². The maximum Gasteiger partial charge on any atom is 0.303 e. The van der Waals surface area contributed by atoms with E-state index in [1.54, 1.807) is 0 Å². The minimum atomic E-state index is -0.728. The summed E-state index contributed by atoms with van der Waals surface area (Å²) in [5, 5.41) is 8.77. The molecule has 0 radical (unpaired) electrons. The zero-order chi connectivity index (χ0) is 14.9. The Morgan fingerprint density at radius 2 is 1.80 bits per heavy atom. The lowest BCUT2D eigenvalue weighted by Gasteiger charge is -2.20. The second kappa shape index (κ2) is 5.94. The average Bonchev–Trinajstić information content (AvgIpc) is 2.83. The quantitative estimate of drug-likeness (QED) is 0.791. The number of aryl methyl sites for hydroxylation is 2. The lowest BCUT2D eigenvalue weighted by molar-refractivity contribution is -0.137. The summed E-state index contributed by atoms with van der Waals surface area (Å²) in [6, 6.07) is 2.74. The Morgan fingerprint density at radius 1 is 1.20 bits per heavy atom. The number of benzene rings is 1. The Morgan fingerprint density at radius 3 is 2.35 bits per heavy atom. The molecule has 4 nitrogen and oxygen atoms in total. The van der Waals surface area contributed by atoms with Gasteiger partial charge < -0.3 is 5.11 Å². The molecule has 0 bridgehead atoms. The number of rotatable bonds is 4. The fourth-order valence-corrected chi connectivity index (χ4v) is 3.07. The molecule has 0 saturated carbocycles. The third-order valence-electron chi connectivity index (χ3n) is 4.46. The number of carbonyl (C=O) groups is 1. The standard InChI is InChI=1S/C16H24N2O2/c1-9-7-10(2)12(4)16(11(9)3)14-8-13(17-18-14)5-6-15(19)20/h7,13-14,17-18H,5-6,8H2,1-4H3,(H,19,20). The lowest BCUT2D eigenvalue weighted by atomic mass is 9.88. The zero-order valence-corrected chi connectivity index (χ0v) is 12.7. The molecule has 2 unspecified atom stereocenters. The predicted molar refractivity (Wildman–Crippen MR) is 79.7 cm³/mol. The first-order valence-corrected chi connectivity index (χ1v) is 7.20. The van der Waals surface area contributed by atoms with Gasteiger partial charge in [-0.15, -0.1) is 0 Å². The van der Waals surface area contributed by atoms with Crippen molar-refractivity contribution in [2.75, 3.05) is 0 Å². The van der Waals surface area contributed by atoms with Gasteiger partial charge in [0.15, 0.2) is 0 Å². The molecule has 0 amide bonds.